The van der Waals surface area contributed by atoms with Crippen LogP contribution in [0.2, 0.25) is 5.02 Å². The van der Waals surface area contributed by atoms with Crippen molar-refractivity contribution in [2.75, 3.05) is 11.9 Å². The van der Waals surface area contributed by atoms with Gasteiger partial charge in [0.25, 0.3) is 5.91 Å². The number of nitrogens with one attached hydrogen (secondary N) is 2. The normalized spacial score (nSPS) is 11.2. The largest absolute Gasteiger partial charge is 0.321 e. The molecule has 0 radical (unpaired) electrons. The summed E-state index contributed by atoms with van der Waals surface area (Å²) in [6.45, 7) is 0.172. The van der Waals surface area contributed by atoms with Gasteiger partial charge < -0.3 is 5.32 Å². The summed E-state index contributed by atoms with van der Waals surface area (Å²) in [5, 5.41) is 2.77. The van der Waals surface area contributed by atoms with Crippen molar-refractivity contribution in [1.29, 1.82) is 0 Å². The summed E-state index contributed by atoms with van der Waals surface area (Å²) in [6, 6.07) is 19.0. The molecule has 0 heterocycles. The van der Waals surface area contributed by atoms with Crippen LogP contribution in [-0.2, 0) is 16.4 Å². The molecule has 0 atom stereocenters. The van der Waals surface area contributed by atoms with Gasteiger partial charge in [-0.15, -0.1) is 0 Å². The van der Waals surface area contributed by atoms with Gasteiger partial charge in [0.15, 0.2) is 0 Å². The van der Waals surface area contributed by atoms with Crippen LogP contribution in [0.3, 0.4) is 0 Å². The van der Waals surface area contributed by atoms with Gasteiger partial charge >= 0.3 is 0 Å². The molecule has 3 rings (SSSR count). The smallest absolute Gasteiger partial charge is 0.258 e. The van der Waals surface area contributed by atoms with Crippen LogP contribution in [-0.4, -0.2) is 20.9 Å². The molecule has 0 aliphatic rings. The molecule has 0 bridgehead atoms. The predicted octanol–water partition coefficient (Wildman–Crippen LogP) is 4.25. The van der Waals surface area contributed by atoms with E-state index in [1.165, 1.54) is 0 Å². The SMILES string of the molecule is O=C(Nc1ccccc1Cl)c1cc(S(=O)(=O)NCCc2ccccc2)ccc1F. The van der Waals surface area contributed by atoms with Gasteiger partial charge in [0.1, 0.15) is 5.82 Å². The molecule has 5 nitrogen and oxygen atoms in total. The summed E-state index contributed by atoms with van der Waals surface area (Å²) >= 11 is 5.99. The highest BCUT2D eigenvalue weighted by Crippen LogP contribution is 2.22. The first-order valence-electron chi connectivity index (χ1n) is 8.76. The van der Waals surface area contributed by atoms with Gasteiger partial charge in [0.05, 0.1) is 21.2 Å². The highest BCUT2D eigenvalue weighted by atomic mass is 35.5. The van der Waals surface area contributed by atoms with Crippen LogP contribution >= 0.6 is 11.6 Å². The molecule has 0 aliphatic carbocycles. The average Bonchev–Trinajstić information content (AvgIpc) is 2.70. The summed E-state index contributed by atoms with van der Waals surface area (Å²) < 4.78 is 41.7. The van der Waals surface area contributed by atoms with E-state index in [-0.39, 0.29) is 16.5 Å². The minimum absolute atomic E-state index is 0.172. The van der Waals surface area contributed by atoms with Crippen molar-refractivity contribution >= 4 is 33.2 Å². The van der Waals surface area contributed by atoms with E-state index in [0.29, 0.717) is 12.1 Å². The first-order chi connectivity index (χ1) is 13.9. The lowest BCUT2D eigenvalue weighted by molar-refractivity contribution is 0.102. The fourth-order valence-electron chi connectivity index (χ4n) is 2.66. The number of amides is 1. The molecule has 1 amide bonds. The van der Waals surface area contributed by atoms with E-state index in [1.807, 2.05) is 30.3 Å². The maximum absolute atomic E-state index is 14.2. The van der Waals surface area contributed by atoms with Crippen LogP contribution in [0.25, 0.3) is 0 Å². The Morgan fingerprint density at radius 3 is 2.38 bits per heavy atom. The fourth-order valence-corrected chi connectivity index (χ4v) is 3.90. The van der Waals surface area contributed by atoms with Crippen LogP contribution < -0.4 is 10.0 Å². The highest BCUT2D eigenvalue weighted by molar-refractivity contribution is 7.89. The van der Waals surface area contributed by atoms with Gasteiger partial charge in [-0.25, -0.2) is 17.5 Å². The molecule has 150 valence electrons. The number of carbonyl (C=O) groups is 1. The van der Waals surface area contributed by atoms with Crippen molar-refractivity contribution in [3.8, 4) is 0 Å². The third kappa shape index (κ3) is 5.41. The quantitative estimate of drug-likeness (QED) is 0.586. The second-order valence-corrected chi connectivity index (χ2v) is 8.38. The van der Waals surface area contributed by atoms with Crippen molar-refractivity contribution in [3.63, 3.8) is 0 Å². The van der Waals surface area contributed by atoms with Gasteiger partial charge in [-0.3, -0.25) is 4.79 Å². The van der Waals surface area contributed by atoms with Crippen molar-refractivity contribution in [1.82, 2.24) is 4.72 Å². The van der Waals surface area contributed by atoms with E-state index in [1.54, 1.807) is 24.3 Å². The first kappa shape index (κ1) is 21.0. The first-order valence-corrected chi connectivity index (χ1v) is 10.6. The molecule has 0 unspecified atom stereocenters. The molecule has 2 N–H and O–H groups in total. The fraction of sp³-hybridized carbons (Fsp3) is 0.0952. The zero-order chi connectivity index (χ0) is 20.9. The van der Waals surface area contributed by atoms with Gasteiger partial charge in [-0.1, -0.05) is 54.1 Å². The summed E-state index contributed by atoms with van der Waals surface area (Å²) in [7, 11) is -3.91. The summed E-state index contributed by atoms with van der Waals surface area (Å²) in [4.78, 5) is 12.2. The van der Waals surface area contributed by atoms with E-state index >= 15 is 0 Å². The molecule has 0 aromatic heterocycles. The molecule has 0 saturated carbocycles. The zero-order valence-electron chi connectivity index (χ0n) is 15.2. The Kier molecular flexibility index (Phi) is 6.64. The Labute approximate surface area is 173 Å². The number of hydrogen-bond donors (Lipinski definition) is 2. The summed E-state index contributed by atoms with van der Waals surface area (Å²) in [6.07, 6.45) is 0.501. The lowest BCUT2D eigenvalue weighted by Gasteiger charge is -2.11. The number of halogens is 2. The second-order valence-electron chi connectivity index (χ2n) is 6.21. The van der Waals surface area contributed by atoms with Crippen molar-refractivity contribution in [2.24, 2.45) is 0 Å². The van der Waals surface area contributed by atoms with Crippen LogP contribution in [0.15, 0.2) is 77.7 Å². The Hall–Kier alpha value is -2.74. The number of rotatable bonds is 7. The lowest BCUT2D eigenvalue weighted by Crippen LogP contribution is -2.26. The molecule has 29 heavy (non-hydrogen) atoms. The predicted molar refractivity (Wildman–Crippen MR) is 111 cm³/mol. The number of anilines is 1. The average molecular weight is 433 g/mol. The highest BCUT2D eigenvalue weighted by Gasteiger charge is 2.20. The Morgan fingerprint density at radius 2 is 1.66 bits per heavy atom. The van der Waals surface area contributed by atoms with Crippen molar-refractivity contribution in [2.45, 2.75) is 11.3 Å². The van der Waals surface area contributed by atoms with Crippen LogP contribution in [0.5, 0.6) is 0 Å². The minimum atomic E-state index is -3.91. The number of hydrogen-bond acceptors (Lipinski definition) is 3. The molecular weight excluding hydrogens is 415 g/mol. The molecule has 3 aromatic rings. The summed E-state index contributed by atoms with van der Waals surface area (Å²) in [5.41, 5.74) is 0.887. The van der Waals surface area contributed by atoms with Gasteiger partial charge in [0.2, 0.25) is 10.0 Å². The molecule has 0 aliphatic heterocycles. The summed E-state index contributed by atoms with van der Waals surface area (Å²) in [5.74, 6) is -1.63. The Balaban J connectivity index is 1.75. The lowest BCUT2D eigenvalue weighted by atomic mass is 10.2. The third-order valence-electron chi connectivity index (χ3n) is 4.16. The standard InChI is InChI=1S/C21H18ClFN2O3S/c22-18-8-4-5-9-20(18)25-21(26)17-14-16(10-11-19(17)23)29(27,28)24-13-12-15-6-2-1-3-7-15/h1-11,14,24H,12-13H2,(H,25,26). The molecule has 0 spiro atoms. The third-order valence-corrected chi connectivity index (χ3v) is 5.95. The Morgan fingerprint density at radius 1 is 0.966 bits per heavy atom. The zero-order valence-corrected chi connectivity index (χ0v) is 16.8. The van der Waals surface area contributed by atoms with Gasteiger partial charge in [0, 0.05) is 6.54 Å². The van der Waals surface area contributed by atoms with Crippen LogP contribution in [0, 0.1) is 5.82 Å². The van der Waals surface area contributed by atoms with Crippen molar-refractivity contribution in [3.05, 3.63) is 94.8 Å². The minimum Gasteiger partial charge on any atom is -0.321 e. The monoisotopic (exact) mass is 432 g/mol. The van der Waals surface area contributed by atoms with E-state index in [2.05, 4.69) is 10.0 Å². The maximum atomic E-state index is 14.2. The van der Waals surface area contributed by atoms with E-state index in [4.69, 9.17) is 11.6 Å². The van der Waals surface area contributed by atoms with Crippen molar-refractivity contribution < 1.29 is 17.6 Å². The molecule has 8 heteroatoms. The van der Waals surface area contributed by atoms with Crippen LogP contribution in [0.4, 0.5) is 10.1 Å². The van der Waals surface area contributed by atoms with E-state index < -0.39 is 27.3 Å². The Bertz CT molecular complexity index is 1120. The number of carbonyl (C=O) groups excluding carboxylic acids is 1. The number of para-hydroxylation sites is 1. The molecular formula is C21H18ClFN2O3S. The molecule has 0 saturated heterocycles. The maximum Gasteiger partial charge on any atom is 0.258 e. The van der Waals surface area contributed by atoms with Gasteiger partial charge in [-0.05, 0) is 42.3 Å². The van der Waals surface area contributed by atoms with Gasteiger partial charge in [-0.2, -0.15) is 0 Å². The van der Waals surface area contributed by atoms with E-state index in [9.17, 15) is 17.6 Å². The van der Waals surface area contributed by atoms with Crippen LogP contribution in [0.1, 0.15) is 15.9 Å². The topological polar surface area (TPSA) is 75.3 Å². The number of benzene rings is 3. The molecule has 3 aromatic carbocycles. The number of sulfonamides is 1. The molecule has 0 fully saturated rings. The van der Waals surface area contributed by atoms with E-state index in [0.717, 1.165) is 23.8 Å². The second kappa shape index (κ2) is 9.17.